The van der Waals surface area contributed by atoms with Crippen LogP contribution in [0, 0.1) is 6.92 Å². The zero-order chi connectivity index (χ0) is 13.1. The number of aromatic amines is 1. The molecule has 0 fully saturated rings. The zero-order valence-electron chi connectivity index (χ0n) is 9.66. The largest absolute Gasteiger partial charge is 0.327 e. The van der Waals surface area contributed by atoms with Gasteiger partial charge in [0.05, 0.1) is 5.56 Å². The predicted molar refractivity (Wildman–Crippen MR) is 71.2 cm³/mol. The van der Waals surface area contributed by atoms with Crippen molar-refractivity contribution in [2.75, 3.05) is 5.32 Å². The van der Waals surface area contributed by atoms with Crippen LogP contribution < -0.4 is 10.9 Å². The van der Waals surface area contributed by atoms with Gasteiger partial charge in [-0.2, -0.15) is 0 Å². The van der Waals surface area contributed by atoms with Crippen LogP contribution in [0.2, 0.25) is 5.02 Å². The van der Waals surface area contributed by atoms with Crippen molar-refractivity contribution in [3.05, 3.63) is 63.0 Å². The van der Waals surface area contributed by atoms with E-state index in [1.165, 1.54) is 12.3 Å². The minimum absolute atomic E-state index is 0.00751. The summed E-state index contributed by atoms with van der Waals surface area (Å²) in [7, 11) is 0. The molecule has 4 nitrogen and oxygen atoms in total. The number of H-pyrrole nitrogens is 1. The fourth-order valence-electron chi connectivity index (χ4n) is 1.51. The van der Waals surface area contributed by atoms with Gasteiger partial charge in [-0.1, -0.05) is 23.7 Å². The molecule has 2 rings (SSSR count). The highest BCUT2D eigenvalue weighted by Crippen LogP contribution is 2.12. The minimum atomic E-state index is -0.413. The molecule has 1 amide bonds. The molecular weight excluding hydrogens is 252 g/mol. The summed E-state index contributed by atoms with van der Waals surface area (Å²) in [6.45, 7) is 1.94. The first-order chi connectivity index (χ1) is 8.56. The number of aromatic nitrogens is 1. The average molecular weight is 263 g/mol. The standard InChI is InChI=1S/C13H11ClN2O2/c1-8-3-2-4-10(5-8)16-12(17)9-6-11(14)13(18)15-7-9/h2-7H,1H3,(H,15,18)(H,16,17). The molecule has 1 aromatic heterocycles. The topological polar surface area (TPSA) is 62.0 Å². The summed E-state index contributed by atoms with van der Waals surface area (Å²) in [6, 6.07) is 8.77. The number of nitrogens with one attached hydrogen (secondary N) is 2. The van der Waals surface area contributed by atoms with Gasteiger partial charge in [0.15, 0.2) is 0 Å². The molecule has 0 aliphatic heterocycles. The van der Waals surface area contributed by atoms with E-state index in [2.05, 4.69) is 10.3 Å². The lowest BCUT2D eigenvalue weighted by Gasteiger charge is -2.05. The predicted octanol–water partition coefficient (Wildman–Crippen LogP) is 2.59. The van der Waals surface area contributed by atoms with Crippen LogP contribution in [0.15, 0.2) is 41.3 Å². The van der Waals surface area contributed by atoms with Crippen LogP contribution in [0.25, 0.3) is 0 Å². The number of halogens is 1. The number of benzene rings is 1. The number of aryl methyl sites for hydroxylation is 1. The summed E-state index contributed by atoms with van der Waals surface area (Å²) in [5.41, 5.74) is 1.64. The lowest BCUT2D eigenvalue weighted by molar-refractivity contribution is 0.102. The van der Waals surface area contributed by atoms with E-state index in [1.54, 1.807) is 6.07 Å². The Hall–Kier alpha value is -2.07. The highest BCUT2D eigenvalue weighted by atomic mass is 35.5. The lowest BCUT2D eigenvalue weighted by atomic mass is 10.2. The van der Waals surface area contributed by atoms with Crippen LogP contribution in [0.1, 0.15) is 15.9 Å². The van der Waals surface area contributed by atoms with Crippen molar-refractivity contribution in [2.45, 2.75) is 6.92 Å². The lowest BCUT2D eigenvalue weighted by Crippen LogP contribution is -2.15. The summed E-state index contributed by atoms with van der Waals surface area (Å²) >= 11 is 5.66. The molecular formula is C13H11ClN2O2. The molecule has 0 bridgehead atoms. The van der Waals surface area contributed by atoms with Gasteiger partial charge in [0.25, 0.3) is 11.5 Å². The molecule has 1 aromatic carbocycles. The number of amides is 1. The van der Waals surface area contributed by atoms with E-state index in [1.807, 2.05) is 25.1 Å². The van der Waals surface area contributed by atoms with E-state index >= 15 is 0 Å². The van der Waals surface area contributed by atoms with E-state index < -0.39 is 5.56 Å². The fourth-order valence-corrected chi connectivity index (χ4v) is 1.69. The Morgan fingerprint density at radius 2 is 2.11 bits per heavy atom. The molecule has 2 aromatic rings. The molecule has 0 atom stereocenters. The number of anilines is 1. The van der Waals surface area contributed by atoms with Crippen LogP contribution in [0.4, 0.5) is 5.69 Å². The van der Waals surface area contributed by atoms with Gasteiger partial charge in [-0.25, -0.2) is 0 Å². The Morgan fingerprint density at radius 3 is 2.78 bits per heavy atom. The summed E-state index contributed by atoms with van der Waals surface area (Å²) in [6.07, 6.45) is 1.33. The molecule has 0 saturated carbocycles. The van der Waals surface area contributed by atoms with Crippen LogP contribution in [0.3, 0.4) is 0 Å². The second kappa shape index (κ2) is 5.06. The molecule has 2 N–H and O–H groups in total. The SMILES string of the molecule is Cc1cccc(NC(=O)c2c[nH]c(=O)c(Cl)c2)c1. The summed E-state index contributed by atoms with van der Waals surface area (Å²) in [5.74, 6) is -0.321. The highest BCUT2D eigenvalue weighted by Gasteiger charge is 2.08. The van der Waals surface area contributed by atoms with Crippen molar-refractivity contribution >= 4 is 23.2 Å². The Labute approximate surface area is 109 Å². The maximum atomic E-state index is 11.9. The quantitative estimate of drug-likeness (QED) is 0.874. The Balaban J connectivity index is 2.22. The molecule has 0 unspecified atom stereocenters. The van der Waals surface area contributed by atoms with E-state index in [-0.39, 0.29) is 10.9 Å². The first-order valence-corrected chi connectivity index (χ1v) is 5.70. The first kappa shape index (κ1) is 12.4. The minimum Gasteiger partial charge on any atom is -0.327 e. The number of hydrogen-bond acceptors (Lipinski definition) is 2. The molecule has 5 heteroatoms. The summed E-state index contributed by atoms with van der Waals surface area (Å²) < 4.78 is 0. The number of carbonyl (C=O) groups is 1. The van der Waals surface area contributed by atoms with E-state index in [9.17, 15) is 9.59 Å². The van der Waals surface area contributed by atoms with Crippen molar-refractivity contribution in [1.82, 2.24) is 4.98 Å². The monoisotopic (exact) mass is 262 g/mol. The summed E-state index contributed by atoms with van der Waals surface area (Å²) in [5, 5.41) is 2.72. The third-order valence-corrected chi connectivity index (χ3v) is 2.68. The first-order valence-electron chi connectivity index (χ1n) is 5.32. The number of carbonyl (C=O) groups excluding carboxylic acids is 1. The molecule has 18 heavy (non-hydrogen) atoms. The smallest absolute Gasteiger partial charge is 0.266 e. The van der Waals surface area contributed by atoms with E-state index in [0.29, 0.717) is 11.3 Å². The number of hydrogen-bond donors (Lipinski definition) is 2. The van der Waals surface area contributed by atoms with Crippen LogP contribution in [-0.4, -0.2) is 10.9 Å². The molecule has 0 spiro atoms. The molecule has 0 radical (unpaired) electrons. The molecule has 1 heterocycles. The molecule has 0 saturated heterocycles. The van der Waals surface area contributed by atoms with Gasteiger partial charge >= 0.3 is 0 Å². The molecule has 0 aliphatic rings. The van der Waals surface area contributed by atoms with E-state index in [4.69, 9.17) is 11.6 Å². The number of pyridine rings is 1. The van der Waals surface area contributed by atoms with Gasteiger partial charge in [0.1, 0.15) is 5.02 Å². The van der Waals surface area contributed by atoms with Crippen LogP contribution >= 0.6 is 11.6 Å². The van der Waals surface area contributed by atoms with Gasteiger partial charge in [-0.15, -0.1) is 0 Å². The molecule has 92 valence electrons. The third kappa shape index (κ3) is 2.78. The van der Waals surface area contributed by atoms with Crippen LogP contribution in [-0.2, 0) is 0 Å². The van der Waals surface area contributed by atoms with Gasteiger partial charge in [-0.05, 0) is 30.7 Å². The maximum Gasteiger partial charge on any atom is 0.266 e. The molecule has 0 aliphatic carbocycles. The summed E-state index contributed by atoms with van der Waals surface area (Å²) in [4.78, 5) is 25.4. The van der Waals surface area contributed by atoms with Crippen LogP contribution in [0.5, 0.6) is 0 Å². The zero-order valence-corrected chi connectivity index (χ0v) is 10.4. The second-order valence-electron chi connectivity index (χ2n) is 3.89. The van der Waals surface area contributed by atoms with Gasteiger partial charge in [0, 0.05) is 11.9 Å². The van der Waals surface area contributed by atoms with Crippen molar-refractivity contribution in [3.8, 4) is 0 Å². The second-order valence-corrected chi connectivity index (χ2v) is 4.30. The third-order valence-electron chi connectivity index (χ3n) is 2.40. The maximum absolute atomic E-state index is 11.9. The van der Waals surface area contributed by atoms with Crippen molar-refractivity contribution < 1.29 is 4.79 Å². The average Bonchev–Trinajstić information content (AvgIpc) is 2.32. The van der Waals surface area contributed by atoms with Crippen molar-refractivity contribution in [3.63, 3.8) is 0 Å². The number of rotatable bonds is 2. The fraction of sp³-hybridized carbons (Fsp3) is 0.0769. The Morgan fingerprint density at radius 1 is 1.33 bits per heavy atom. The highest BCUT2D eigenvalue weighted by molar-refractivity contribution is 6.30. The Bertz CT molecular complexity index is 649. The van der Waals surface area contributed by atoms with Crippen molar-refractivity contribution in [2.24, 2.45) is 0 Å². The Kier molecular flexibility index (Phi) is 3.48. The van der Waals surface area contributed by atoms with Crippen molar-refractivity contribution in [1.29, 1.82) is 0 Å². The van der Waals surface area contributed by atoms with Gasteiger partial charge < -0.3 is 10.3 Å². The van der Waals surface area contributed by atoms with E-state index in [0.717, 1.165) is 5.56 Å². The normalized spacial score (nSPS) is 10.1. The van der Waals surface area contributed by atoms with Gasteiger partial charge in [-0.3, -0.25) is 9.59 Å². The van der Waals surface area contributed by atoms with Gasteiger partial charge in [0.2, 0.25) is 0 Å².